The minimum Gasteiger partial charge on any atom is -0.455 e. The van der Waals surface area contributed by atoms with Crippen LogP contribution in [0.1, 0.15) is 61.8 Å². The molecule has 0 radical (unpaired) electrons. The van der Waals surface area contributed by atoms with Crippen LogP contribution in [0.3, 0.4) is 0 Å². The number of anilines is 1. The molecular formula is C25H24ClN3O3. The van der Waals surface area contributed by atoms with Gasteiger partial charge in [0.2, 0.25) is 0 Å². The molecule has 2 amide bonds. The first-order valence-electron chi connectivity index (χ1n) is 10.5. The predicted octanol–water partition coefficient (Wildman–Crippen LogP) is 5.58. The molecule has 4 rings (SSSR count). The first-order valence-corrected chi connectivity index (χ1v) is 10.9. The number of benzene rings is 2. The summed E-state index contributed by atoms with van der Waals surface area (Å²) in [4.78, 5) is 25.5. The number of amides is 2. The van der Waals surface area contributed by atoms with Gasteiger partial charge < -0.3 is 9.73 Å². The lowest BCUT2D eigenvalue weighted by Crippen LogP contribution is -2.22. The fraction of sp³-hybridized carbons (Fsp3) is 0.240. The van der Waals surface area contributed by atoms with Crippen LogP contribution < -0.4 is 10.7 Å². The van der Waals surface area contributed by atoms with Crippen molar-refractivity contribution in [3.8, 4) is 0 Å². The van der Waals surface area contributed by atoms with E-state index < -0.39 is 0 Å². The first-order chi connectivity index (χ1) is 15.3. The Labute approximate surface area is 191 Å². The van der Waals surface area contributed by atoms with E-state index in [0.29, 0.717) is 40.5 Å². The quantitative estimate of drug-likeness (QED) is 0.510. The predicted molar refractivity (Wildman–Crippen MR) is 126 cm³/mol. The molecule has 2 aromatic carbocycles. The van der Waals surface area contributed by atoms with Gasteiger partial charge in [-0.2, -0.15) is 5.10 Å². The highest BCUT2D eigenvalue weighted by molar-refractivity contribution is 6.33. The first kappa shape index (κ1) is 21.8. The number of carbonyl (C=O) groups is 2. The van der Waals surface area contributed by atoms with Gasteiger partial charge in [-0.15, -0.1) is 0 Å². The molecule has 0 unspecified atom stereocenters. The summed E-state index contributed by atoms with van der Waals surface area (Å²) in [5.41, 5.74) is 7.94. The van der Waals surface area contributed by atoms with Gasteiger partial charge in [-0.25, -0.2) is 5.43 Å². The van der Waals surface area contributed by atoms with E-state index >= 15 is 0 Å². The maximum Gasteiger partial charge on any atom is 0.291 e. The molecule has 1 aliphatic rings. The van der Waals surface area contributed by atoms with Gasteiger partial charge in [0.25, 0.3) is 11.8 Å². The number of furan rings is 1. The van der Waals surface area contributed by atoms with E-state index in [2.05, 4.69) is 15.8 Å². The molecule has 0 bridgehead atoms. The second-order valence-electron chi connectivity index (χ2n) is 7.96. The van der Waals surface area contributed by atoms with Crippen molar-refractivity contribution in [2.75, 3.05) is 5.32 Å². The summed E-state index contributed by atoms with van der Waals surface area (Å²) < 4.78 is 5.96. The van der Waals surface area contributed by atoms with E-state index in [1.807, 2.05) is 39.0 Å². The van der Waals surface area contributed by atoms with Gasteiger partial charge >= 0.3 is 0 Å². The van der Waals surface area contributed by atoms with Gasteiger partial charge in [-0.1, -0.05) is 35.9 Å². The van der Waals surface area contributed by atoms with Crippen molar-refractivity contribution in [2.24, 2.45) is 5.10 Å². The number of nitrogens with one attached hydrogen (secondary N) is 2. The lowest BCUT2D eigenvalue weighted by atomic mass is 9.93. The van der Waals surface area contributed by atoms with Gasteiger partial charge in [-0.3, -0.25) is 9.59 Å². The van der Waals surface area contributed by atoms with Crippen LogP contribution in [-0.2, 0) is 6.42 Å². The Morgan fingerprint density at radius 3 is 2.59 bits per heavy atom. The zero-order valence-electron chi connectivity index (χ0n) is 18.2. The number of halogens is 1. The third-order valence-electron chi connectivity index (χ3n) is 5.58. The summed E-state index contributed by atoms with van der Waals surface area (Å²) in [5, 5.41) is 7.67. The molecule has 6 nitrogen and oxygen atoms in total. The third kappa shape index (κ3) is 4.32. The van der Waals surface area contributed by atoms with E-state index in [4.69, 9.17) is 16.0 Å². The van der Waals surface area contributed by atoms with Gasteiger partial charge in [0.05, 0.1) is 16.3 Å². The number of rotatable bonds is 4. The molecule has 164 valence electrons. The molecule has 0 aliphatic heterocycles. The van der Waals surface area contributed by atoms with Crippen LogP contribution in [-0.4, -0.2) is 17.5 Å². The molecule has 1 heterocycles. The van der Waals surface area contributed by atoms with Crippen LogP contribution in [0.2, 0.25) is 5.02 Å². The van der Waals surface area contributed by atoms with E-state index in [-0.39, 0.29) is 17.6 Å². The van der Waals surface area contributed by atoms with Crippen molar-refractivity contribution >= 4 is 34.8 Å². The highest BCUT2D eigenvalue weighted by Crippen LogP contribution is 2.30. The lowest BCUT2D eigenvalue weighted by molar-refractivity contribution is 0.0953. The van der Waals surface area contributed by atoms with E-state index in [0.717, 1.165) is 28.8 Å². The van der Waals surface area contributed by atoms with Crippen molar-refractivity contribution in [1.82, 2.24) is 5.43 Å². The second-order valence-corrected chi connectivity index (χ2v) is 8.37. The van der Waals surface area contributed by atoms with Crippen LogP contribution in [0.25, 0.3) is 0 Å². The molecule has 0 saturated carbocycles. The van der Waals surface area contributed by atoms with E-state index in [1.54, 1.807) is 24.3 Å². The number of hydrogen-bond acceptors (Lipinski definition) is 4. The molecule has 1 aliphatic carbocycles. The largest absolute Gasteiger partial charge is 0.455 e. The van der Waals surface area contributed by atoms with E-state index in [9.17, 15) is 9.59 Å². The average Bonchev–Trinajstić information content (AvgIpc) is 3.12. The zero-order chi connectivity index (χ0) is 22.8. The normalized spacial score (nSPS) is 14.2. The topological polar surface area (TPSA) is 83.7 Å². The van der Waals surface area contributed by atoms with Crippen molar-refractivity contribution in [2.45, 2.75) is 40.0 Å². The average molecular weight is 450 g/mol. The van der Waals surface area contributed by atoms with Gasteiger partial charge in [-0.05, 0) is 62.9 Å². The van der Waals surface area contributed by atoms with E-state index in [1.165, 1.54) is 0 Å². The van der Waals surface area contributed by atoms with Gasteiger partial charge in [0, 0.05) is 23.2 Å². The SMILES string of the molecule is Cc1ccc(C)c(NC(=O)c2oc3c(c2C)/C(=N/NC(=O)c2ccccc2Cl)CCC3)c1. The second kappa shape index (κ2) is 9.01. The third-order valence-corrected chi connectivity index (χ3v) is 5.91. The van der Waals surface area contributed by atoms with Crippen LogP contribution in [0.4, 0.5) is 5.69 Å². The highest BCUT2D eigenvalue weighted by Gasteiger charge is 2.28. The molecule has 3 aromatic rings. The monoisotopic (exact) mass is 449 g/mol. The Hall–Kier alpha value is -3.38. The smallest absolute Gasteiger partial charge is 0.291 e. The van der Waals surface area contributed by atoms with Gasteiger partial charge in [0.1, 0.15) is 5.76 Å². The number of hydrogen-bond donors (Lipinski definition) is 2. The maximum atomic E-state index is 13.0. The molecule has 32 heavy (non-hydrogen) atoms. The minimum atomic E-state index is -0.385. The summed E-state index contributed by atoms with van der Waals surface area (Å²) in [6.07, 6.45) is 2.21. The van der Waals surface area contributed by atoms with Crippen molar-refractivity contribution in [3.63, 3.8) is 0 Å². The fourth-order valence-electron chi connectivity index (χ4n) is 3.87. The number of carbonyl (C=O) groups excluding carboxylic acids is 2. The fourth-order valence-corrected chi connectivity index (χ4v) is 4.09. The summed E-state index contributed by atoms with van der Waals surface area (Å²) >= 11 is 6.10. The molecule has 2 N–H and O–H groups in total. The number of hydrazone groups is 1. The summed E-state index contributed by atoms with van der Waals surface area (Å²) in [5.74, 6) is 0.294. The van der Waals surface area contributed by atoms with Crippen LogP contribution in [0, 0.1) is 20.8 Å². The number of aryl methyl sites for hydroxylation is 3. The summed E-state index contributed by atoms with van der Waals surface area (Å²) in [7, 11) is 0. The molecule has 0 fully saturated rings. The molecule has 0 saturated heterocycles. The Balaban J connectivity index is 1.59. The number of nitrogens with zero attached hydrogens (tertiary/aromatic N) is 1. The Kier molecular flexibility index (Phi) is 6.15. The Bertz CT molecular complexity index is 1240. The molecule has 0 spiro atoms. The summed E-state index contributed by atoms with van der Waals surface area (Å²) in [6, 6.07) is 12.7. The molecule has 7 heteroatoms. The van der Waals surface area contributed by atoms with Crippen LogP contribution in [0.15, 0.2) is 52.0 Å². The zero-order valence-corrected chi connectivity index (χ0v) is 19.0. The Morgan fingerprint density at radius 2 is 1.81 bits per heavy atom. The van der Waals surface area contributed by atoms with Crippen LogP contribution in [0.5, 0.6) is 0 Å². The standard InChI is InChI=1S/C25H24ClN3O3/c1-14-11-12-15(2)20(13-14)27-25(31)23-16(3)22-19(9-6-10-21(22)32-23)28-29-24(30)17-7-4-5-8-18(17)26/h4-5,7-8,11-13H,6,9-10H2,1-3H3,(H,27,31)(H,29,30)/b28-19+. The highest BCUT2D eigenvalue weighted by atomic mass is 35.5. The molecular weight excluding hydrogens is 426 g/mol. The maximum absolute atomic E-state index is 13.0. The van der Waals surface area contributed by atoms with Crippen LogP contribution >= 0.6 is 11.6 Å². The minimum absolute atomic E-state index is 0.267. The van der Waals surface area contributed by atoms with Gasteiger partial charge in [0.15, 0.2) is 5.76 Å². The Morgan fingerprint density at radius 1 is 1.03 bits per heavy atom. The summed E-state index contributed by atoms with van der Waals surface area (Å²) in [6.45, 7) is 5.77. The van der Waals surface area contributed by atoms with Crippen molar-refractivity contribution in [3.05, 3.63) is 86.8 Å². The van der Waals surface area contributed by atoms with Crippen molar-refractivity contribution < 1.29 is 14.0 Å². The molecule has 1 aromatic heterocycles. The molecule has 0 atom stereocenters. The van der Waals surface area contributed by atoms with Crippen molar-refractivity contribution in [1.29, 1.82) is 0 Å². The lowest BCUT2D eigenvalue weighted by Gasteiger charge is -2.13. The number of fused-ring (bicyclic) bond motifs is 1.